The van der Waals surface area contributed by atoms with Gasteiger partial charge in [-0.25, -0.2) is 9.80 Å². The number of amides is 4. The van der Waals surface area contributed by atoms with Crippen molar-refractivity contribution in [2.24, 2.45) is 11.8 Å². The van der Waals surface area contributed by atoms with E-state index in [1.165, 1.54) is 0 Å². The van der Waals surface area contributed by atoms with Crippen LogP contribution in [0.1, 0.15) is 65.4 Å². The largest absolute Gasteiger partial charge is 0.337 e. The molecule has 8 heteroatoms. The lowest BCUT2D eigenvalue weighted by molar-refractivity contribution is -0.190. The van der Waals surface area contributed by atoms with Gasteiger partial charge in [0.15, 0.2) is 0 Å². The lowest BCUT2D eigenvalue weighted by Crippen LogP contribution is -2.76. The third-order valence-corrected chi connectivity index (χ3v) is 7.32. The molecule has 1 aromatic carbocycles. The smallest absolute Gasteiger partial charge is 0.334 e. The molecule has 0 aromatic heterocycles. The molecule has 2 aliphatic heterocycles. The third-order valence-electron chi connectivity index (χ3n) is 7.32. The highest BCUT2D eigenvalue weighted by atomic mass is 16.2. The minimum absolute atomic E-state index is 0.0108. The minimum Gasteiger partial charge on any atom is -0.337 e. The second-order valence-electron chi connectivity index (χ2n) is 10.6. The van der Waals surface area contributed by atoms with Crippen molar-refractivity contribution in [3.8, 4) is 12.3 Å². The number of hydrogen-bond acceptors (Lipinski definition) is 4. The number of piperazine rings is 1. The van der Waals surface area contributed by atoms with E-state index in [0.29, 0.717) is 25.4 Å². The molecular formula is C29H43N5O3. The first-order chi connectivity index (χ1) is 17.8. The summed E-state index contributed by atoms with van der Waals surface area (Å²) in [6.07, 6.45) is 9.86. The van der Waals surface area contributed by atoms with Gasteiger partial charge in [-0.05, 0) is 30.2 Å². The Kier molecular flexibility index (Phi) is 10.4. The number of carbonyl (C=O) groups is 3. The van der Waals surface area contributed by atoms with Crippen LogP contribution < -0.4 is 5.32 Å². The number of urea groups is 1. The van der Waals surface area contributed by atoms with E-state index >= 15 is 0 Å². The second-order valence-corrected chi connectivity index (χ2v) is 10.6. The van der Waals surface area contributed by atoms with Crippen molar-refractivity contribution in [1.82, 2.24) is 25.1 Å². The van der Waals surface area contributed by atoms with Crippen LogP contribution in [0.15, 0.2) is 30.3 Å². The van der Waals surface area contributed by atoms with Crippen LogP contribution in [-0.2, 0) is 16.1 Å². The zero-order valence-corrected chi connectivity index (χ0v) is 22.9. The first kappa shape index (κ1) is 28.5. The Hall–Kier alpha value is -3.05. The fourth-order valence-electron chi connectivity index (χ4n) is 5.36. The number of rotatable bonds is 11. The van der Waals surface area contributed by atoms with Crippen LogP contribution in [0.5, 0.6) is 0 Å². The molecule has 2 saturated heterocycles. The molecule has 202 valence electrons. The van der Waals surface area contributed by atoms with Crippen LogP contribution in [0.3, 0.4) is 0 Å². The van der Waals surface area contributed by atoms with Crippen molar-refractivity contribution in [3.63, 3.8) is 0 Å². The number of terminal acetylenes is 1. The maximum absolute atomic E-state index is 13.7. The van der Waals surface area contributed by atoms with Crippen LogP contribution >= 0.6 is 0 Å². The lowest BCUT2D eigenvalue weighted by Gasteiger charge is -2.55. The topological polar surface area (TPSA) is 76.2 Å². The highest BCUT2D eigenvalue weighted by molar-refractivity contribution is 5.91. The van der Waals surface area contributed by atoms with Crippen LogP contribution in [0, 0.1) is 24.2 Å². The van der Waals surface area contributed by atoms with Gasteiger partial charge in [-0.15, -0.1) is 6.42 Å². The normalized spacial score (nSPS) is 21.1. The Morgan fingerprint density at radius 1 is 1.19 bits per heavy atom. The standard InChI is InChI=1S/C29H43N5O3/c1-6-9-13-23(8-3)19-31-20-26-33(25(28(31)36)17-22(4)5)27(35)21-32(16-7-2)34(26)29(37)30-18-24-14-11-10-12-15-24/h2,10-12,14-15,22-23,25-26H,6,8-9,13,16-21H2,1,3-5H3,(H,30,37)/t23?,25-,26-/m0/s1. The highest BCUT2D eigenvalue weighted by Crippen LogP contribution is 2.30. The molecule has 1 unspecified atom stereocenters. The Bertz CT molecular complexity index is 960. The molecule has 1 aromatic rings. The van der Waals surface area contributed by atoms with Gasteiger partial charge in [-0.2, -0.15) is 5.01 Å². The van der Waals surface area contributed by atoms with E-state index in [4.69, 9.17) is 6.42 Å². The highest BCUT2D eigenvalue weighted by Gasteiger charge is 2.51. The van der Waals surface area contributed by atoms with Gasteiger partial charge >= 0.3 is 6.03 Å². The Balaban J connectivity index is 1.92. The van der Waals surface area contributed by atoms with Crippen molar-refractivity contribution in [3.05, 3.63) is 35.9 Å². The SMILES string of the molecule is C#CCN1CC(=O)N2[C@@H](CC(C)C)C(=O)N(CC(CC)CCCC)C[C@@H]2N1C(=O)NCc1ccccc1. The van der Waals surface area contributed by atoms with Gasteiger partial charge in [0.25, 0.3) is 0 Å². The van der Waals surface area contributed by atoms with E-state index in [1.807, 2.05) is 35.2 Å². The lowest BCUT2D eigenvalue weighted by atomic mass is 9.94. The van der Waals surface area contributed by atoms with E-state index in [2.05, 4.69) is 38.9 Å². The molecule has 37 heavy (non-hydrogen) atoms. The number of nitrogens with zero attached hydrogens (tertiary/aromatic N) is 4. The van der Waals surface area contributed by atoms with E-state index in [0.717, 1.165) is 31.2 Å². The fourth-order valence-corrected chi connectivity index (χ4v) is 5.36. The maximum atomic E-state index is 13.7. The molecular weight excluding hydrogens is 466 g/mol. The van der Waals surface area contributed by atoms with Crippen LogP contribution in [0.4, 0.5) is 4.79 Å². The number of unbranched alkanes of at least 4 members (excludes halogenated alkanes) is 1. The number of hydrazine groups is 1. The summed E-state index contributed by atoms with van der Waals surface area (Å²) in [7, 11) is 0. The van der Waals surface area contributed by atoms with Crippen LogP contribution in [0.2, 0.25) is 0 Å². The van der Waals surface area contributed by atoms with Crippen LogP contribution in [-0.4, -0.2) is 76.0 Å². The summed E-state index contributed by atoms with van der Waals surface area (Å²) >= 11 is 0. The van der Waals surface area contributed by atoms with Gasteiger partial charge in [0.1, 0.15) is 12.2 Å². The molecule has 0 bridgehead atoms. The Morgan fingerprint density at radius 2 is 1.92 bits per heavy atom. The van der Waals surface area contributed by atoms with Gasteiger partial charge in [0.05, 0.1) is 19.6 Å². The van der Waals surface area contributed by atoms with Gasteiger partial charge < -0.3 is 15.1 Å². The molecule has 2 aliphatic rings. The molecule has 1 N–H and O–H groups in total. The average Bonchev–Trinajstić information content (AvgIpc) is 2.87. The van der Waals surface area contributed by atoms with E-state index in [-0.39, 0.29) is 43.4 Å². The van der Waals surface area contributed by atoms with Gasteiger partial charge in [0, 0.05) is 13.1 Å². The molecule has 2 fully saturated rings. The second kappa shape index (κ2) is 13.5. The fraction of sp³-hybridized carbons (Fsp3) is 0.621. The van der Waals surface area contributed by atoms with E-state index in [1.54, 1.807) is 14.9 Å². The monoisotopic (exact) mass is 509 g/mol. The van der Waals surface area contributed by atoms with E-state index in [9.17, 15) is 14.4 Å². The average molecular weight is 510 g/mol. The van der Waals surface area contributed by atoms with Gasteiger partial charge in [-0.3, -0.25) is 9.59 Å². The van der Waals surface area contributed by atoms with Crippen LogP contribution in [0.25, 0.3) is 0 Å². The van der Waals surface area contributed by atoms with Crippen molar-refractivity contribution in [2.45, 2.75) is 78.6 Å². The predicted octanol–water partition coefficient (Wildman–Crippen LogP) is 3.69. The molecule has 0 saturated carbocycles. The number of hydrogen-bond donors (Lipinski definition) is 1. The summed E-state index contributed by atoms with van der Waals surface area (Å²) in [4.78, 5) is 44.3. The molecule has 2 heterocycles. The molecule has 4 amide bonds. The minimum atomic E-state index is -0.601. The quantitative estimate of drug-likeness (QED) is 0.462. The number of carbonyl (C=O) groups excluding carboxylic acids is 3. The molecule has 0 aliphatic carbocycles. The zero-order valence-electron chi connectivity index (χ0n) is 22.9. The summed E-state index contributed by atoms with van der Waals surface area (Å²) < 4.78 is 0. The molecule has 3 rings (SSSR count). The summed E-state index contributed by atoms with van der Waals surface area (Å²) in [5.74, 6) is 3.02. The maximum Gasteiger partial charge on any atom is 0.334 e. The molecule has 0 radical (unpaired) electrons. The van der Waals surface area contributed by atoms with Crippen molar-refractivity contribution >= 4 is 17.8 Å². The summed E-state index contributed by atoms with van der Waals surface area (Å²) in [5.41, 5.74) is 0.976. The summed E-state index contributed by atoms with van der Waals surface area (Å²) in [5, 5.41) is 6.23. The molecule has 8 nitrogen and oxygen atoms in total. The number of nitrogens with one attached hydrogen (secondary N) is 1. The Labute approximate surface area is 222 Å². The first-order valence-corrected chi connectivity index (χ1v) is 13.7. The Morgan fingerprint density at radius 3 is 2.54 bits per heavy atom. The van der Waals surface area contributed by atoms with Crippen molar-refractivity contribution < 1.29 is 14.4 Å². The zero-order chi connectivity index (χ0) is 26.9. The summed E-state index contributed by atoms with van der Waals surface area (Å²) in [6.45, 7) is 9.82. The third kappa shape index (κ3) is 7.04. The van der Waals surface area contributed by atoms with Crippen molar-refractivity contribution in [1.29, 1.82) is 0 Å². The van der Waals surface area contributed by atoms with Crippen molar-refractivity contribution in [2.75, 3.05) is 26.2 Å². The number of fused-ring (bicyclic) bond motifs is 1. The molecule has 0 spiro atoms. The predicted molar refractivity (Wildman–Crippen MR) is 145 cm³/mol. The molecule has 3 atom stereocenters. The first-order valence-electron chi connectivity index (χ1n) is 13.7. The van der Waals surface area contributed by atoms with Gasteiger partial charge in [0.2, 0.25) is 11.8 Å². The van der Waals surface area contributed by atoms with E-state index < -0.39 is 12.2 Å². The summed E-state index contributed by atoms with van der Waals surface area (Å²) in [6, 6.07) is 8.78. The number of benzene rings is 1. The van der Waals surface area contributed by atoms with Gasteiger partial charge in [-0.1, -0.05) is 83.2 Å².